The van der Waals surface area contributed by atoms with Crippen LogP contribution in [0.5, 0.6) is 0 Å². The van der Waals surface area contributed by atoms with Crippen molar-refractivity contribution in [3.8, 4) is 11.4 Å². The highest BCUT2D eigenvalue weighted by atomic mass is 32.2. The van der Waals surface area contributed by atoms with E-state index >= 15 is 0 Å². The third-order valence-corrected chi connectivity index (χ3v) is 3.58. The Bertz CT molecular complexity index is 548. The number of thioether (sulfide) groups is 1. The van der Waals surface area contributed by atoms with Gasteiger partial charge in [0.1, 0.15) is 5.76 Å². The largest absolute Gasteiger partial charge is 0.469 e. The number of aromatic nitrogens is 3. The van der Waals surface area contributed by atoms with E-state index < -0.39 is 0 Å². The van der Waals surface area contributed by atoms with E-state index in [0.29, 0.717) is 13.2 Å². The summed E-state index contributed by atoms with van der Waals surface area (Å²) in [7, 11) is 1.69. The minimum absolute atomic E-state index is 0.669. The Morgan fingerprint density at radius 3 is 3.00 bits per heavy atom. The van der Waals surface area contributed by atoms with Gasteiger partial charge in [0.2, 0.25) is 0 Å². The smallest absolute Gasteiger partial charge is 0.191 e. The molecule has 0 saturated heterocycles. The summed E-state index contributed by atoms with van der Waals surface area (Å²) < 4.78 is 12.4. The number of aryl methyl sites for hydroxylation is 1. The van der Waals surface area contributed by atoms with Crippen LogP contribution in [0.15, 0.2) is 34.6 Å². The lowest BCUT2D eigenvalue weighted by molar-refractivity contribution is 0.218. The van der Waals surface area contributed by atoms with Crippen LogP contribution in [0.1, 0.15) is 5.76 Å². The van der Waals surface area contributed by atoms with E-state index in [1.807, 2.05) is 23.6 Å². The third kappa shape index (κ3) is 3.08. The number of hydrogen-bond acceptors (Lipinski definition) is 5. The molecular weight excluding hydrogens is 262 g/mol. The molecule has 0 N–H and O–H groups in total. The molecule has 0 aliphatic rings. The number of hydrogen-bond donors (Lipinski definition) is 0. The summed E-state index contributed by atoms with van der Waals surface area (Å²) in [6.07, 6.45) is 3.50. The average Bonchev–Trinajstić information content (AvgIpc) is 2.97. The maximum Gasteiger partial charge on any atom is 0.191 e. The van der Waals surface area contributed by atoms with Crippen molar-refractivity contribution in [2.24, 2.45) is 0 Å². The highest BCUT2D eigenvalue weighted by Gasteiger charge is 2.16. The maximum absolute atomic E-state index is 5.33. The van der Waals surface area contributed by atoms with Gasteiger partial charge in [-0.05, 0) is 13.0 Å². The molecule has 19 heavy (non-hydrogen) atoms. The molecule has 0 bridgehead atoms. The molecule has 0 unspecified atom stereocenters. The van der Waals surface area contributed by atoms with Gasteiger partial charge in [-0.15, -0.1) is 16.8 Å². The Kier molecular flexibility index (Phi) is 4.81. The lowest BCUT2D eigenvalue weighted by Crippen LogP contribution is -2.02. The molecule has 5 nitrogen and oxygen atoms in total. The van der Waals surface area contributed by atoms with Gasteiger partial charge in [0.15, 0.2) is 11.0 Å². The summed E-state index contributed by atoms with van der Waals surface area (Å²) in [6, 6.07) is 1.91. The number of nitrogens with zero attached hydrogens (tertiary/aromatic N) is 3. The van der Waals surface area contributed by atoms with E-state index in [1.165, 1.54) is 0 Å². The third-order valence-electron chi connectivity index (χ3n) is 2.65. The van der Waals surface area contributed by atoms with Crippen LogP contribution >= 0.6 is 11.8 Å². The second-order valence-electron chi connectivity index (χ2n) is 3.94. The number of allylic oxidation sites excluding steroid dienone is 1. The predicted molar refractivity (Wildman–Crippen MR) is 75.3 cm³/mol. The van der Waals surface area contributed by atoms with Gasteiger partial charge in [0.05, 0.1) is 18.4 Å². The van der Waals surface area contributed by atoms with E-state index in [1.54, 1.807) is 25.1 Å². The zero-order valence-corrected chi connectivity index (χ0v) is 11.9. The van der Waals surface area contributed by atoms with Crippen LogP contribution in [0.3, 0.4) is 0 Å². The van der Waals surface area contributed by atoms with Crippen LogP contribution in [-0.4, -0.2) is 34.2 Å². The fourth-order valence-corrected chi connectivity index (χ4v) is 2.57. The Morgan fingerprint density at radius 1 is 1.53 bits per heavy atom. The molecule has 0 fully saturated rings. The second kappa shape index (κ2) is 6.58. The average molecular weight is 279 g/mol. The van der Waals surface area contributed by atoms with E-state index in [2.05, 4.69) is 16.8 Å². The first-order valence-corrected chi connectivity index (χ1v) is 6.96. The van der Waals surface area contributed by atoms with E-state index in [4.69, 9.17) is 9.15 Å². The van der Waals surface area contributed by atoms with Crippen LogP contribution in [-0.2, 0) is 11.3 Å². The molecule has 0 aliphatic carbocycles. The van der Waals surface area contributed by atoms with Crippen LogP contribution in [0, 0.1) is 6.92 Å². The van der Waals surface area contributed by atoms with Gasteiger partial charge in [-0.1, -0.05) is 17.8 Å². The van der Waals surface area contributed by atoms with Crippen LogP contribution < -0.4 is 0 Å². The molecular formula is C13H17N3O2S. The molecule has 0 amide bonds. The van der Waals surface area contributed by atoms with Gasteiger partial charge in [-0.25, -0.2) is 0 Å². The van der Waals surface area contributed by atoms with Crippen molar-refractivity contribution in [3.63, 3.8) is 0 Å². The number of methoxy groups -OCH3 is 1. The quantitative estimate of drug-likeness (QED) is 0.443. The van der Waals surface area contributed by atoms with Gasteiger partial charge in [0, 0.05) is 19.4 Å². The maximum atomic E-state index is 5.33. The molecule has 0 spiro atoms. The van der Waals surface area contributed by atoms with Crippen molar-refractivity contribution < 1.29 is 9.15 Å². The van der Waals surface area contributed by atoms with Gasteiger partial charge in [0.25, 0.3) is 0 Å². The molecule has 2 heterocycles. The summed E-state index contributed by atoms with van der Waals surface area (Å²) >= 11 is 1.62. The molecule has 102 valence electrons. The molecule has 2 aromatic rings. The van der Waals surface area contributed by atoms with Gasteiger partial charge >= 0.3 is 0 Å². The lowest BCUT2D eigenvalue weighted by atomic mass is 10.2. The van der Waals surface area contributed by atoms with Gasteiger partial charge in [-0.3, -0.25) is 4.57 Å². The van der Waals surface area contributed by atoms with Crippen molar-refractivity contribution in [1.29, 1.82) is 0 Å². The van der Waals surface area contributed by atoms with Gasteiger partial charge < -0.3 is 9.15 Å². The second-order valence-corrected chi connectivity index (χ2v) is 5.00. The van der Waals surface area contributed by atoms with E-state index in [0.717, 1.165) is 28.1 Å². The fraction of sp³-hybridized carbons (Fsp3) is 0.385. The first kappa shape index (κ1) is 13.9. The zero-order chi connectivity index (χ0) is 13.7. The van der Waals surface area contributed by atoms with Crippen molar-refractivity contribution in [2.75, 3.05) is 19.5 Å². The van der Waals surface area contributed by atoms with E-state index in [9.17, 15) is 0 Å². The molecule has 6 heteroatoms. The summed E-state index contributed by atoms with van der Waals surface area (Å²) in [4.78, 5) is 0. The van der Waals surface area contributed by atoms with Crippen molar-refractivity contribution >= 4 is 11.8 Å². The Hall–Kier alpha value is -1.53. The molecule has 0 aromatic carbocycles. The Labute approximate surface area is 116 Å². The molecule has 2 aromatic heterocycles. The molecule has 0 saturated carbocycles. The van der Waals surface area contributed by atoms with Crippen LogP contribution in [0.4, 0.5) is 0 Å². The van der Waals surface area contributed by atoms with Gasteiger partial charge in [-0.2, -0.15) is 0 Å². The molecule has 0 radical (unpaired) electrons. The summed E-state index contributed by atoms with van der Waals surface area (Å²) in [5.74, 6) is 2.49. The highest BCUT2D eigenvalue weighted by Crippen LogP contribution is 2.26. The Balaban J connectivity index is 2.29. The number of furan rings is 1. The van der Waals surface area contributed by atoms with Crippen molar-refractivity contribution in [1.82, 2.24) is 14.8 Å². The number of ether oxygens (including phenoxy) is 1. The summed E-state index contributed by atoms with van der Waals surface area (Å²) in [6.45, 7) is 7.06. The topological polar surface area (TPSA) is 53.1 Å². The predicted octanol–water partition coefficient (Wildman–Crippen LogP) is 2.77. The fourth-order valence-electron chi connectivity index (χ4n) is 1.72. The lowest BCUT2D eigenvalue weighted by Gasteiger charge is -2.06. The van der Waals surface area contributed by atoms with Crippen LogP contribution in [0.25, 0.3) is 11.4 Å². The molecule has 0 atom stereocenters. The Morgan fingerprint density at radius 2 is 2.37 bits per heavy atom. The first-order chi connectivity index (χ1) is 9.27. The molecule has 2 rings (SSSR count). The van der Waals surface area contributed by atoms with Crippen molar-refractivity contribution in [3.05, 3.63) is 30.7 Å². The minimum atomic E-state index is 0.669. The minimum Gasteiger partial charge on any atom is -0.469 e. The summed E-state index contributed by atoms with van der Waals surface area (Å²) in [5, 5.41) is 9.36. The number of rotatable bonds is 7. The highest BCUT2D eigenvalue weighted by molar-refractivity contribution is 7.99. The summed E-state index contributed by atoms with van der Waals surface area (Å²) in [5.41, 5.74) is 0.966. The van der Waals surface area contributed by atoms with Crippen LogP contribution in [0.2, 0.25) is 0 Å². The zero-order valence-electron chi connectivity index (χ0n) is 11.1. The monoisotopic (exact) mass is 279 g/mol. The first-order valence-electron chi connectivity index (χ1n) is 5.98. The standard InChI is InChI=1S/C13H17N3O2S/c1-4-6-16-12(11-5-7-18-10(11)2)14-15-13(16)19-9-8-17-3/h4-5,7H,1,6,8-9H2,2-3H3. The SMILES string of the molecule is C=CCn1c(SCCOC)nnc1-c1ccoc1C. The molecule has 0 aliphatic heterocycles. The van der Waals surface area contributed by atoms with Crippen molar-refractivity contribution in [2.45, 2.75) is 18.6 Å². The van der Waals surface area contributed by atoms with E-state index in [-0.39, 0.29) is 0 Å². The normalized spacial score (nSPS) is 10.8.